The Bertz CT molecular complexity index is 224. The summed E-state index contributed by atoms with van der Waals surface area (Å²) in [5.74, 6) is -0.0762. The summed E-state index contributed by atoms with van der Waals surface area (Å²) in [4.78, 5) is 22.2. The molecule has 0 saturated heterocycles. The van der Waals surface area contributed by atoms with Crippen LogP contribution >= 0.6 is 0 Å². The summed E-state index contributed by atoms with van der Waals surface area (Å²) in [6, 6.07) is 0. The molecule has 0 saturated carbocycles. The SMILES string of the molecule is CC/C=C/C(C)(C)C(=O)CC(C)=O. The average molecular weight is 182 g/mol. The first-order chi connectivity index (χ1) is 5.90. The molecule has 0 aromatic rings. The van der Waals surface area contributed by atoms with Gasteiger partial charge in [0.15, 0.2) is 0 Å². The van der Waals surface area contributed by atoms with Crippen LogP contribution in [-0.2, 0) is 9.59 Å². The largest absolute Gasteiger partial charge is 0.300 e. The Morgan fingerprint density at radius 2 is 1.85 bits per heavy atom. The molecule has 0 aromatic carbocycles. The van der Waals surface area contributed by atoms with Gasteiger partial charge in [-0.3, -0.25) is 9.59 Å². The normalized spacial score (nSPS) is 12.0. The highest BCUT2D eigenvalue weighted by atomic mass is 16.1. The van der Waals surface area contributed by atoms with Crippen LogP contribution in [0, 0.1) is 5.41 Å². The van der Waals surface area contributed by atoms with E-state index in [-0.39, 0.29) is 18.0 Å². The number of rotatable bonds is 5. The number of allylic oxidation sites excluding steroid dienone is 2. The van der Waals surface area contributed by atoms with Gasteiger partial charge in [-0.1, -0.05) is 19.1 Å². The average Bonchev–Trinajstić information content (AvgIpc) is 1.99. The van der Waals surface area contributed by atoms with Gasteiger partial charge in [0, 0.05) is 5.41 Å². The van der Waals surface area contributed by atoms with Crippen LogP contribution in [0.4, 0.5) is 0 Å². The Morgan fingerprint density at radius 3 is 2.23 bits per heavy atom. The van der Waals surface area contributed by atoms with Gasteiger partial charge in [0.25, 0.3) is 0 Å². The molecule has 2 nitrogen and oxygen atoms in total. The first-order valence-corrected chi connectivity index (χ1v) is 4.60. The van der Waals surface area contributed by atoms with Crippen LogP contribution in [0.1, 0.15) is 40.5 Å². The van der Waals surface area contributed by atoms with E-state index in [9.17, 15) is 9.59 Å². The first kappa shape index (κ1) is 12.1. The molecule has 0 bridgehead atoms. The number of hydrogen-bond donors (Lipinski definition) is 0. The Hall–Kier alpha value is -0.920. The van der Waals surface area contributed by atoms with Gasteiger partial charge in [-0.05, 0) is 27.2 Å². The Balaban J connectivity index is 4.35. The number of carbonyl (C=O) groups is 2. The molecule has 0 radical (unpaired) electrons. The highest BCUT2D eigenvalue weighted by Crippen LogP contribution is 2.20. The predicted molar refractivity (Wildman–Crippen MR) is 53.5 cm³/mol. The van der Waals surface area contributed by atoms with E-state index in [1.165, 1.54) is 6.92 Å². The van der Waals surface area contributed by atoms with Crippen molar-refractivity contribution < 1.29 is 9.59 Å². The van der Waals surface area contributed by atoms with E-state index >= 15 is 0 Å². The smallest absolute Gasteiger partial charge is 0.149 e. The second-order valence-electron chi connectivity index (χ2n) is 3.83. The van der Waals surface area contributed by atoms with Crippen molar-refractivity contribution in [3.05, 3.63) is 12.2 Å². The molecule has 0 N–H and O–H groups in total. The molecule has 0 unspecified atom stereocenters. The summed E-state index contributed by atoms with van der Waals surface area (Å²) in [5, 5.41) is 0. The lowest BCUT2D eigenvalue weighted by Gasteiger charge is -2.17. The van der Waals surface area contributed by atoms with Crippen molar-refractivity contribution in [1.29, 1.82) is 0 Å². The molecular formula is C11H18O2. The lowest BCUT2D eigenvalue weighted by Crippen LogP contribution is -2.23. The van der Waals surface area contributed by atoms with Crippen molar-refractivity contribution in [2.45, 2.75) is 40.5 Å². The topological polar surface area (TPSA) is 34.1 Å². The van der Waals surface area contributed by atoms with Crippen LogP contribution in [-0.4, -0.2) is 11.6 Å². The molecular weight excluding hydrogens is 164 g/mol. The summed E-state index contributed by atoms with van der Waals surface area (Å²) in [6.07, 6.45) is 4.79. The quantitative estimate of drug-likeness (QED) is 0.483. The maximum absolute atomic E-state index is 11.5. The van der Waals surface area contributed by atoms with E-state index in [1.807, 2.05) is 32.9 Å². The lowest BCUT2D eigenvalue weighted by molar-refractivity contribution is -0.129. The maximum Gasteiger partial charge on any atom is 0.149 e. The number of hydrogen-bond acceptors (Lipinski definition) is 2. The van der Waals surface area contributed by atoms with Crippen LogP contribution in [0.25, 0.3) is 0 Å². The Kier molecular flexibility index (Phi) is 4.60. The summed E-state index contributed by atoms with van der Waals surface area (Å²) in [7, 11) is 0. The zero-order valence-electron chi connectivity index (χ0n) is 8.89. The van der Waals surface area contributed by atoms with Crippen molar-refractivity contribution in [2.75, 3.05) is 0 Å². The van der Waals surface area contributed by atoms with Crippen LogP contribution in [0.15, 0.2) is 12.2 Å². The van der Waals surface area contributed by atoms with Crippen LogP contribution in [0.3, 0.4) is 0 Å². The summed E-state index contributed by atoms with van der Waals surface area (Å²) in [6.45, 7) is 7.13. The number of Topliss-reactive ketones (excluding diaryl/α,β-unsaturated/α-hetero) is 2. The van der Waals surface area contributed by atoms with Crippen LogP contribution in [0.2, 0.25) is 0 Å². The minimum Gasteiger partial charge on any atom is -0.300 e. The minimum absolute atomic E-state index is 0.00954. The third-order valence-corrected chi connectivity index (χ3v) is 1.90. The molecule has 74 valence electrons. The predicted octanol–water partition coefficient (Wildman–Crippen LogP) is 2.53. The molecule has 13 heavy (non-hydrogen) atoms. The number of ketones is 2. The molecule has 0 aliphatic carbocycles. The zero-order valence-corrected chi connectivity index (χ0v) is 8.89. The van der Waals surface area contributed by atoms with Gasteiger partial charge in [0.05, 0.1) is 6.42 Å². The third kappa shape index (κ3) is 4.61. The molecule has 0 aliphatic rings. The summed E-state index contributed by atoms with van der Waals surface area (Å²) in [5.41, 5.74) is -0.498. The van der Waals surface area contributed by atoms with Gasteiger partial charge < -0.3 is 0 Å². The molecule has 0 amide bonds. The molecule has 0 rings (SSSR count). The highest BCUT2D eigenvalue weighted by molar-refractivity contribution is 6.01. The van der Waals surface area contributed by atoms with Gasteiger partial charge in [0.1, 0.15) is 11.6 Å². The van der Waals surface area contributed by atoms with Crippen molar-refractivity contribution in [2.24, 2.45) is 5.41 Å². The number of carbonyl (C=O) groups excluding carboxylic acids is 2. The van der Waals surface area contributed by atoms with Crippen molar-refractivity contribution in [1.82, 2.24) is 0 Å². The Labute approximate surface area is 80.0 Å². The zero-order chi connectivity index (χ0) is 10.5. The molecule has 0 atom stereocenters. The van der Waals surface area contributed by atoms with Gasteiger partial charge in [-0.2, -0.15) is 0 Å². The molecule has 0 spiro atoms. The second kappa shape index (κ2) is 4.95. The fourth-order valence-electron chi connectivity index (χ4n) is 0.959. The van der Waals surface area contributed by atoms with Crippen molar-refractivity contribution in [3.8, 4) is 0 Å². The van der Waals surface area contributed by atoms with Crippen LogP contribution in [0.5, 0.6) is 0 Å². The Morgan fingerprint density at radius 1 is 1.31 bits per heavy atom. The molecule has 0 fully saturated rings. The van der Waals surface area contributed by atoms with Gasteiger partial charge >= 0.3 is 0 Å². The van der Waals surface area contributed by atoms with E-state index in [0.29, 0.717) is 0 Å². The first-order valence-electron chi connectivity index (χ1n) is 4.60. The maximum atomic E-state index is 11.5. The van der Waals surface area contributed by atoms with Crippen LogP contribution < -0.4 is 0 Å². The second-order valence-corrected chi connectivity index (χ2v) is 3.83. The van der Waals surface area contributed by atoms with E-state index in [1.54, 1.807) is 0 Å². The van der Waals surface area contributed by atoms with E-state index in [2.05, 4.69) is 0 Å². The van der Waals surface area contributed by atoms with Gasteiger partial charge in [-0.25, -0.2) is 0 Å². The summed E-state index contributed by atoms with van der Waals surface area (Å²) < 4.78 is 0. The minimum atomic E-state index is -0.498. The lowest BCUT2D eigenvalue weighted by atomic mass is 9.85. The standard InChI is InChI=1S/C11H18O2/c1-5-6-7-11(3,4)10(13)8-9(2)12/h6-7H,5,8H2,1-4H3/b7-6+. The fraction of sp³-hybridized carbons (Fsp3) is 0.636. The molecule has 0 heterocycles. The molecule has 0 aromatic heterocycles. The van der Waals surface area contributed by atoms with E-state index in [0.717, 1.165) is 6.42 Å². The van der Waals surface area contributed by atoms with Crippen molar-refractivity contribution in [3.63, 3.8) is 0 Å². The highest BCUT2D eigenvalue weighted by Gasteiger charge is 2.24. The summed E-state index contributed by atoms with van der Waals surface area (Å²) >= 11 is 0. The molecule has 2 heteroatoms. The van der Waals surface area contributed by atoms with E-state index < -0.39 is 5.41 Å². The van der Waals surface area contributed by atoms with Crippen molar-refractivity contribution >= 4 is 11.6 Å². The third-order valence-electron chi connectivity index (χ3n) is 1.90. The van der Waals surface area contributed by atoms with Gasteiger partial charge in [0.2, 0.25) is 0 Å². The monoisotopic (exact) mass is 182 g/mol. The van der Waals surface area contributed by atoms with Gasteiger partial charge in [-0.15, -0.1) is 0 Å². The molecule has 0 aliphatic heterocycles. The van der Waals surface area contributed by atoms with E-state index in [4.69, 9.17) is 0 Å². The fourth-order valence-corrected chi connectivity index (χ4v) is 0.959.